The molecule has 0 saturated carbocycles. The Labute approximate surface area is 83.4 Å². The van der Waals surface area contributed by atoms with Gasteiger partial charge in [-0.15, -0.1) is 0 Å². The third-order valence-corrected chi connectivity index (χ3v) is 1.90. The molecule has 1 heterocycles. The van der Waals surface area contributed by atoms with Crippen LogP contribution < -0.4 is 5.69 Å². The molecule has 0 atom stereocenters. The first-order chi connectivity index (χ1) is 7.16. The first kappa shape index (κ1) is 9.51. The van der Waals surface area contributed by atoms with Crippen LogP contribution in [0.4, 0.5) is 8.78 Å². The van der Waals surface area contributed by atoms with Gasteiger partial charge in [-0.2, -0.15) is 0 Å². The molecule has 0 amide bonds. The molecular weight excluding hydrogens is 202 g/mol. The van der Waals surface area contributed by atoms with Crippen LogP contribution in [0.3, 0.4) is 0 Å². The number of benzene rings is 1. The van der Waals surface area contributed by atoms with E-state index in [2.05, 4.69) is 9.97 Å². The van der Waals surface area contributed by atoms with E-state index in [9.17, 15) is 13.6 Å². The SMILES string of the molecule is O=c1nccc(-c2ccc(F)cc2F)[nH]1. The average molecular weight is 208 g/mol. The molecule has 0 bridgehead atoms. The Morgan fingerprint density at radius 2 is 2.00 bits per heavy atom. The first-order valence-electron chi connectivity index (χ1n) is 4.17. The summed E-state index contributed by atoms with van der Waals surface area (Å²) in [5.74, 6) is -1.38. The summed E-state index contributed by atoms with van der Waals surface area (Å²) in [7, 11) is 0. The minimum atomic E-state index is -0.725. The number of halogens is 2. The number of aromatic amines is 1. The van der Waals surface area contributed by atoms with Gasteiger partial charge in [-0.1, -0.05) is 0 Å². The van der Waals surface area contributed by atoms with Crippen molar-refractivity contribution < 1.29 is 8.78 Å². The number of hydrogen-bond donors (Lipinski definition) is 1. The predicted molar refractivity (Wildman–Crippen MR) is 50.2 cm³/mol. The number of nitrogens with zero attached hydrogens (tertiary/aromatic N) is 1. The summed E-state index contributed by atoms with van der Waals surface area (Å²) >= 11 is 0. The maximum Gasteiger partial charge on any atom is 0.345 e. The monoisotopic (exact) mass is 208 g/mol. The Bertz CT molecular complexity index is 551. The van der Waals surface area contributed by atoms with E-state index in [4.69, 9.17) is 0 Å². The predicted octanol–water partition coefficient (Wildman–Crippen LogP) is 1.72. The Hall–Kier alpha value is -2.04. The van der Waals surface area contributed by atoms with Crippen molar-refractivity contribution in [3.8, 4) is 11.3 Å². The number of nitrogens with one attached hydrogen (secondary N) is 1. The topological polar surface area (TPSA) is 45.8 Å². The van der Waals surface area contributed by atoms with E-state index in [-0.39, 0.29) is 11.3 Å². The van der Waals surface area contributed by atoms with E-state index in [1.54, 1.807) is 0 Å². The molecule has 0 fully saturated rings. The van der Waals surface area contributed by atoms with Crippen LogP contribution in [-0.2, 0) is 0 Å². The molecule has 0 unspecified atom stereocenters. The summed E-state index contributed by atoms with van der Waals surface area (Å²) in [5.41, 5.74) is -0.167. The summed E-state index contributed by atoms with van der Waals surface area (Å²) in [6.45, 7) is 0. The summed E-state index contributed by atoms with van der Waals surface area (Å²) in [6, 6.07) is 4.58. The highest BCUT2D eigenvalue weighted by Gasteiger charge is 2.06. The van der Waals surface area contributed by atoms with Crippen molar-refractivity contribution in [3.05, 3.63) is 52.6 Å². The highest BCUT2D eigenvalue weighted by molar-refractivity contribution is 5.58. The number of rotatable bonds is 1. The van der Waals surface area contributed by atoms with Crippen LogP contribution in [0.1, 0.15) is 0 Å². The van der Waals surface area contributed by atoms with Crippen LogP contribution in [0.15, 0.2) is 35.3 Å². The van der Waals surface area contributed by atoms with Crippen LogP contribution in [0, 0.1) is 11.6 Å². The van der Waals surface area contributed by atoms with Gasteiger partial charge >= 0.3 is 5.69 Å². The minimum absolute atomic E-state index is 0.135. The molecule has 0 saturated heterocycles. The number of aromatic nitrogens is 2. The molecule has 0 aliphatic carbocycles. The van der Waals surface area contributed by atoms with E-state index < -0.39 is 17.3 Å². The fourth-order valence-corrected chi connectivity index (χ4v) is 1.23. The summed E-state index contributed by atoms with van der Waals surface area (Å²) in [6.07, 6.45) is 1.26. The van der Waals surface area contributed by atoms with Crippen molar-refractivity contribution in [1.29, 1.82) is 0 Å². The van der Waals surface area contributed by atoms with Gasteiger partial charge in [0.05, 0.1) is 5.69 Å². The van der Waals surface area contributed by atoms with Gasteiger partial charge in [0.2, 0.25) is 0 Å². The van der Waals surface area contributed by atoms with Crippen LogP contribution in [0.2, 0.25) is 0 Å². The summed E-state index contributed by atoms with van der Waals surface area (Å²) in [5, 5.41) is 0. The lowest BCUT2D eigenvalue weighted by molar-refractivity contribution is 0.585. The molecule has 0 aliphatic heterocycles. The van der Waals surface area contributed by atoms with E-state index in [0.717, 1.165) is 12.1 Å². The number of hydrogen-bond acceptors (Lipinski definition) is 2. The molecule has 0 radical (unpaired) electrons. The lowest BCUT2D eigenvalue weighted by atomic mass is 10.1. The van der Waals surface area contributed by atoms with Gasteiger partial charge in [-0.25, -0.2) is 18.6 Å². The third-order valence-electron chi connectivity index (χ3n) is 1.90. The Balaban J connectivity index is 2.59. The molecule has 1 aromatic heterocycles. The van der Waals surface area contributed by atoms with Gasteiger partial charge < -0.3 is 4.98 Å². The summed E-state index contributed by atoms with van der Waals surface area (Å²) in [4.78, 5) is 16.6. The smallest absolute Gasteiger partial charge is 0.305 e. The van der Waals surface area contributed by atoms with E-state index in [1.807, 2.05) is 0 Å². The maximum absolute atomic E-state index is 13.3. The van der Waals surface area contributed by atoms with Crippen molar-refractivity contribution in [3.63, 3.8) is 0 Å². The molecule has 1 N–H and O–H groups in total. The van der Waals surface area contributed by atoms with Crippen molar-refractivity contribution >= 4 is 0 Å². The highest BCUT2D eigenvalue weighted by Crippen LogP contribution is 2.19. The molecule has 2 rings (SSSR count). The zero-order chi connectivity index (χ0) is 10.8. The second kappa shape index (κ2) is 3.61. The number of H-pyrrole nitrogens is 1. The van der Waals surface area contributed by atoms with E-state index >= 15 is 0 Å². The van der Waals surface area contributed by atoms with E-state index in [0.29, 0.717) is 0 Å². The second-order valence-corrected chi connectivity index (χ2v) is 2.91. The van der Waals surface area contributed by atoms with Crippen molar-refractivity contribution in [1.82, 2.24) is 9.97 Å². The minimum Gasteiger partial charge on any atom is -0.305 e. The van der Waals surface area contributed by atoms with Crippen LogP contribution in [0.25, 0.3) is 11.3 Å². The van der Waals surface area contributed by atoms with Gasteiger partial charge in [0.25, 0.3) is 0 Å². The first-order valence-corrected chi connectivity index (χ1v) is 4.17. The van der Waals surface area contributed by atoms with Gasteiger partial charge in [-0.05, 0) is 18.2 Å². The quantitative estimate of drug-likeness (QED) is 0.775. The molecule has 15 heavy (non-hydrogen) atoms. The molecule has 0 aliphatic rings. The summed E-state index contributed by atoms with van der Waals surface area (Å²) < 4.78 is 25.9. The van der Waals surface area contributed by atoms with Crippen molar-refractivity contribution in [2.45, 2.75) is 0 Å². The van der Waals surface area contributed by atoms with Crippen LogP contribution >= 0.6 is 0 Å². The second-order valence-electron chi connectivity index (χ2n) is 2.91. The Morgan fingerprint density at radius 3 is 2.67 bits per heavy atom. The molecule has 1 aromatic carbocycles. The zero-order valence-electron chi connectivity index (χ0n) is 7.50. The molecule has 3 nitrogen and oxygen atoms in total. The molecule has 5 heteroatoms. The standard InChI is InChI=1S/C10H6F2N2O/c11-6-1-2-7(8(12)5-6)9-3-4-13-10(15)14-9/h1-5H,(H,13,14,15). The molecular formula is C10H6F2N2O. The van der Waals surface area contributed by atoms with E-state index in [1.165, 1.54) is 18.3 Å². The molecule has 2 aromatic rings. The molecule has 0 spiro atoms. The highest BCUT2D eigenvalue weighted by atomic mass is 19.1. The fourth-order valence-electron chi connectivity index (χ4n) is 1.23. The van der Waals surface area contributed by atoms with Gasteiger partial charge in [-0.3, -0.25) is 0 Å². The van der Waals surface area contributed by atoms with Gasteiger partial charge in [0.1, 0.15) is 11.6 Å². The lowest BCUT2D eigenvalue weighted by Crippen LogP contribution is -2.09. The lowest BCUT2D eigenvalue weighted by Gasteiger charge is -2.01. The van der Waals surface area contributed by atoms with Gasteiger partial charge in [0.15, 0.2) is 0 Å². The van der Waals surface area contributed by atoms with Gasteiger partial charge in [0, 0.05) is 17.8 Å². The zero-order valence-corrected chi connectivity index (χ0v) is 7.50. The fraction of sp³-hybridized carbons (Fsp3) is 0. The average Bonchev–Trinajstić information content (AvgIpc) is 2.17. The largest absolute Gasteiger partial charge is 0.345 e. The van der Waals surface area contributed by atoms with Crippen molar-refractivity contribution in [2.24, 2.45) is 0 Å². The van der Waals surface area contributed by atoms with Crippen LogP contribution in [-0.4, -0.2) is 9.97 Å². The third kappa shape index (κ3) is 1.90. The maximum atomic E-state index is 13.3. The normalized spacial score (nSPS) is 10.3. The van der Waals surface area contributed by atoms with Crippen molar-refractivity contribution in [2.75, 3.05) is 0 Å². The molecule has 76 valence electrons. The Kier molecular flexibility index (Phi) is 2.29. The van der Waals surface area contributed by atoms with Crippen LogP contribution in [0.5, 0.6) is 0 Å². The Morgan fingerprint density at radius 1 is 1.20 bits per heavy atom.